The summed E-state index contributed by atoms with van der Waals surface area (Å²) >= 11 is 0. The van der Waals surface area contributed by atoms with E-state index in [2.05, 4.69) is 13.2 Å². The highest BCUT2D eigenvalue weighted by Gasteiger charge is 2.23. The van der Waals surface area contributed by atoms with Gasteiger partial charge in [-0.3, -0.25) is 4.79 Å². The van der Waals surface area contributed by atoms with Crippen molar-refractivity contribution in [1.82, 2.24) is 0 Å². The average Bonchev–Trinajstić information content (AvgIpc) is 2.84. The molecule has 0 saturated carbocycles. The predicted molar refractivity (Wildman–Crippen MR) is 143 cm³/mol. The second kappa shape index (κ2) is 11.1. The van der Waals surface area contributed by atoms with Crippen molar-refractivity contribution in [3.05, 3.63) is 91.0 Å². The highest BCUT2D eigenvalue weighted by atomic mass is 16.5. The third-order valence-corrected chi connectivity index (χ3v) is 5.27. The molecule has 6 nitrogen and oxygen atoms in total. The Morgan fingerprint density at radius 2 is 1.08 bits per heavy atom. The summed E-state index contributed by atoms with van der Waals surface area (Å²) in [6, 6.07) is 19.5. The molecule has 0 aliphatic carbocycles. The fourth-order valence-corrected chi connectivity index (χ4v) is 3.08. The van der Waals surface area contributed by atoms with Gasteiger partial charge in [-0.25, -0.2) is 9.59 Å². The largest absolute Gasteiger partial charge is 0.426 e. The van der Waals surface area contributed by atoms with Crippen LogP contribution in [0.4, 0.5) is 0 Å². The highest BCUT2D eigenvalue weighted by molar-refractivity contribution is 5.91. The van der Waals surface area contributed by atoms with Gasteiger partial charge in [0.25, 0.3) is 0 Å². The second-order valence-electron chi connectivity index (χ2n) is 9.74. The van der Waals surface area contributed by atoms with Crippen molar-refractivity contribution in [2.75, 3.05) is 0 Å². The summed E-state index contributed by atoms with van der Waals surface area (Å²) in [7, 11) is 0. The lowest BCUT2D eigenvalue weighted by Crippen LogP contribution is -2.25. The van der Waals surface area contributed by atoms with E-state index < -0.39 is 17.4 Å². The molecule has 3 aromatic rings. The van der Waals surface area contributed by atoms with Crippen LogP contribution >= 0.6 is 0 Å². The SMILES string of the molecule is C=C(C)C(=O)Oc1ccc(-c2ccc(-c3ccc(OC(=O)C(C)(C)C)cc3)cc2OC(=O)C(=C)C)cc1. The molecule has 6 heteroatoms. The molecule has 0 N–H and O–H groups in total. The molecule has 3 rings (SSSR count). The van der Waals surface area contributed by atoms with E-state index in [4.69, 9.17) is 14.2 Å². The molecular weight excluding hydrogens is 468 g/mol. The molecule has 0 amide bonds. The van der Waals surface area contributed by atoms with E-state index in [9.17, 15) is 14.4 Å². The number of esters is 3. The standard InChI is InChI=1S/C31H30O6/c1-19(2)28(32)35-24-15-10-22(11-16-24)26-17-12-23(18-27(26)37-29(33)20(3)4)21-8-13-25(14-9-21)36-30(34)31(5,6)7/h8-18H,1,3H2,2,4-7H3. The molecule has 0 unspecified atom stereocenters. The fourth-order valence-electron chi connectivity index (χ4n) is 3.08. The van der Waals surface area contributed by atoms with Crippen molar-refractivity contribution in [2.24, 2.45) is 5.41 Å². The van der Waals surface area contributed by atoms with Crippen LogP contribution in [0.2, 0.25) is 0 Å². The van der Waals surface area contributed by atoms with Crippen LogP contribution in [-0.2, 0) is 14.4 Å². The van der Waals surface area contributed by atoms with Gasteiger partial charge in [-0.1, -0.05) is 49.6 Å². The van der Waals surface area contributed by atoms with Gasteiger partial charge in [0.1, 0.15) is 17.2 Å². The third-order valence-electron chi connectivity index (χ3n) is 5.27. The lowest BCUT2D eigenvalue weighted by Gasteiger charge is -2.16. The third kappa shape index (κ3) is 7.04. The minimum atomic E-state index is -0.610. The number of rotatable bonds is 7. The zero-order valence-electron chi connectivity index (χ0n) is 21.7. The highest BCUT2D eigenvalue weighted by Crippen LogP contribution is 2.36. The van der Waals surface area contributed by atoms with E-state index in [1.54, 1.807) is 77.1 Å². The number of hydrogen-bond acceptors (Lipinski definition) is 6. The van der Waals surface area contributed by atoms with Gasteiger partial charge in [0.05, 0.1) is 5.41 Å². The Bertz CT molecular complexity index is 1360. The summed E-state index contributed by atoms with van der Waals surface area (Å²) in [6.07, 6.45) is 0. The fraction of sp³-hybridized carbons (Fsp3) is 0.194. The van der Waals surface area contributed by atoms with Crippen LogP contribution in [0.1, 0.15) is 34.6 Å². The van der Waals surface area contributed by atoms with Crippen LogP contribution in [0.15, 0.2) is 91.0 Å². The minimum Gasteiger partial charge on any atom is -0.426 e. The van der Waals surface area contributed by atoms with E-state index in [1.165, 1.54) is 0 Å². The monoisotopic (exact) mass is 498 g/mol. The molecule has 0 aromatic heterocycles. The molecule has 0 fully saturated rings. The van der Waals surface area contributed by atoms with Crippen LogP contribution < -0.4 is 14.2 Å². The van der Waals surface area contributed by atoms with E-state index in [-0.39, 0.29) is 11.5 Å². The Morgan fingerprint density at radius 1 is 0.622 bits per heavy atom. The quantitative estimate of drug-likeness (QED) is 0.200. The molecule has 0 atom stereocenters. The van der Waals surface area contributed by atoms with Crippen molar-refractivity contribution in [2.45, 2.75) is 34.6 Å². The van der Waals surface area contributed by atoms with Gasteiger partial charge >= 0.3 is 17.9 Å². The molecule has 0 bridgehead atoms. The molecule has 0 heterocycles. The van der Waals surface area contributed by atoms with Crippen molar-refractivity contribution in [3.8, 4) is 39.5 Å². The lowest BCUT2D eigenvalue weighted by atomic mass is 9.97. The molecule has 0 saturated heterocycles. The molecule has 0 aliphatic rings. The van der Waals surface area contributed by atoms with Crippen LogP contribution in [-0.4, -0.2) is 17.9 Å². The van der Waals surface area contributed by atoms with Crippen LogP contribution in [0.3, 0.4) is 0 Å². The van der Waals surface area contributed by atoms with E-state index in [0.29, 0.717) is 28.4 Å². The molecule has 0 spiro atoms. The van der Waals surface area contributed by atoms with Gasteiger partial charge in [0.2, 0.25) is 0 Å². The number of hydrogen-bond donors (Lipinski definition) is 0. The van der Waals surface area contributed by atoms with Crippen LogP contribution in [0.25, 0.3) is 22.3 Å². The van der Waals surface area contributed by atoms with Crippen LogP contribution in [0, 0.1) is 5.41 Å². The first-order valence-corrected chi connectivity index (χ1v) is 11.7. The maximum atomic E-state index is 12.4. The smallest absolute Gasteiger partial charge is 0.338 e. The first-order chi connectivity index (χ1) is 17.3. The molecular formula is C31H30O6. The Balaban J connectivity index is 1.93. The molecule has 0 radical (unpaired) electrons. The second-order valence-corrected chi connectivity index (χ2v) is 9.74. The Hall–Kier alpha value is -4.45. The summed E-state index contributed by atoms with van der Waals surface area (Å²) in [4.78, 5) is 36.3. The minimum absolute atomic E-state index is 0.267. The van der Waals surface area contributed by atoms with Crippen molar-refractivity contribution >= 4 is 17.9 Å². The van der Waals surface area contributed by atoms with E-state index in [1.807, 2.05) is 24.3 Å². The van der Waals surface area contributed by atoms with E-state index in [0.717, 1.165) is 16.7 Å². The Kier molecular flexibility index (Phi) is 8.13. The maximum Gasteiger partial charge on any atom is 0.338 e. The first kappa shape index (κ1) is 27.1. The maximum absolute atomic E-state index is 12.4. The number of carbonyl (C=O) groups is 3. The average molecular weight is 499 g/mol. The van der Waals surface area contributed by atoms with Gasteiger partial charge in [-0.05, 0) is 81.6 Å². The number of carbonyl (C=O) groups excluding carboxylic acids is 3. The van der Waals surface area contributed by atoms with Gasteiger partial charge in [0.15, 0.2) is 0 Å². The summed E-state index contributed by atoms with van der Waals surface area (Å²) in [6.45, 7) is 15.8. The predicted octanol–water partition coefficient (Wildman–Crippen LogP) is 6.94. The zero-order valence-corrected chi connectivity index (χ0v) is 21.7. The number of ether oxygens (including phenoxy) is 3. The van der Waals surface area contributed by atoms with Crippen LogP contribution in [0.5, 0.6) is 17.2 Å². The van der Waals surface area contributed by atoms with Crippen molar-refractivity contribution in [3.63, 3.8) is 0 Å². The van der Waals surface area contributed by atoms with Crippen molar-refractivity contribution < 1.29 is 28.6 Å². The summed E-state index contributed by atoms with van der Waals surface area (Å²) in [5.41, 5.74) is 3.03. The summed E-state index contributed by atoms with van der Waals surface area (Å²) in [5.74, 6) is -0.204. The zero-order chi connectivity index (χ0) is 27.3. The Labute approximate surface area is 217 Å². The van der Waals surface area contributed by atoms with Gasteiger partial charge in [-0.15, -0.1) is 0 Å². The van der Waals surface area contributed by atoms with Gasteiger partial charge < -0.3 is 14.2 Å². The first-order valence-electron chi connectivity index (χ1n) is 11.7. The van der Waals surface area contributed by atoms with E-state index >= 15 is 0 Å². The van der Waals surface area contributed by atoms with Gasteiger partial charge in [0, 0.05) is 16.7 Å². The molecule has 37 heavy (non-hydrogen) atoms. The topological polar surface area (TPSA) is 78.9 Å². The summed E-state index contributed by atoms with van der Waals surface area (Å²) < 4.78 is 16.4. The molecule has 3 aromatic carbocycles. The Morgan fingerprint density at radius 3 is 1.59 bits per heavy atom. The molecule has 0 aliphatic heterocycles. The molecule has 190 valence electrons. The van der Waals surface area contributed by atoms with Crippen molar-refractivity contribution in [1.29, 1.82) is 0 Å². The lowest BCUT2D eigenvalue weighted by molar-refractivity contribution is -0.143. The normalized spacial score (nSPS) is 10.8. The van der Waals surface area contributed by atoms with Gasteiger partial charge in [-0.2, -0.15) is 0 Å². The number of benzene rings is 3. The summed E-state index contributed by atoms with van der Waals surface area (Å²) in [5, 5.41) is 0.